The van der Waals surface area contributed by atoms with Crippen LogP contribution in [0.2, 0.25) is 0 Å². The van der Waals surface area contributed by atoms with Crippen LogP contribution in [0.1, 0.15) is 18.4 Å². The minimum atomic E-state index is -0.319. The third-order valence-electron chi connectivity index (χ3n) is 3.90. The number of rotatable bonds is 7. The zero-order chi connectivity index (χ0) is 20.1. The van der Waals surface area contributed by atoms with E-state index in [1.54, 1.807) is 16.9 Å². The SMILES string of the molecule is CCOC(=O)Cc1csc(SC/C(O)=C(\C#N)c2nc3ccccc3n2C)n1. The molecule has 0 saturated carbocycles. The lowest BCUT2D eigenvalue weighted by atomic mass is 10.2. The summed E-state index contributed by atoms with van der Waals surface area (Å²) >= 11 is 2.68. The highest BCUT2D eigenvalue weighted by molar-refractivity contribution is 8.01. The van der Waals surface area contributed by atoms with E-state index >= 15 is 0 Å². The first-order valence-corrected chi connectivity index (χ1v) is 10.4. The number of nitrogens with zero attached hydrogens (tertiary/aromatic N) is 4. The van der Waals surface area contributed by atoms with Crippen LogP contribution in [0, 0.1) is 11.3 Å². The van der Waals surface area contributed by atoms with Crippen LogP contribution in [0.4, 0.5) is 0 Å². The number of carbonyl (C=O) groups excluding carboxylic acids is 1. The van der Waals surface area contributed by atoms with Crippen LogP contribution in [0.15, 0.2) is 39.7 Å². The number of para-hydroxylation sites is 2. The van der Waals surface area contributed by atoms with Gasteiger partial charge in [0, 0.05) is 12.4 Å². The molecule has 0 atom stereocenters. The number of aromatic nitrogens is 3. The van der Waals surface area contributed by atoms with Crippen LogP contribution >= 0.6 is 23.1 Å². The van der Waals surface area contributed by atoms with Gasteiger partial charge in [-0.25, -0.2) is 9.97 Å². The number of esters is 1. The summed E-state index contributed by atoms with van der Waals surface area (Å²) in [5.41, 5.74) is 2.41. The number of aliphatic hydroxyl groups excluding tert-OH is 1. The molecule has 3 aromatic rings. The Morgan fingerprint density at radius 3 is 2.89 bits per heavy atom. The highest BCUT2D eigenvalue weighted by Crippen LogP contribution is 2.28. The van der Waals surface area contributed by atoms with Gasteiger partial charge in [0.2, 0.25) is 0 Å². The first-order chi connectivity index (χ1) is 13.5. The number of hydrogen-bond donors (Lipinski definition) is 1. The van der Waals surface area contributed by atoms with Crippen LogP contribution in [0.5, 0.6) is 0 Å². The van der Waals surface area contributed by atoms with Crippen LogP contribution < -0.4 is 0 Å². The Morgan fingerprint density at radius 2 is 2.18 bits per heavy atom. The molecule has 144 valence electrons. The van der Waals surface area contributed by atoms with Gasteiger partial charge in [-0.2, -0.15) is 5.26 Å². The number of benzene rings is 1. The maximum absolute atomic E-state index is 11.5. The summed E-state index contributed by atoms with van der Waals surface area (Å²) < 4.78 is 7.40. The van der Waals surface area contributed by atoms with Crippen LogP contribution in [-0.4, -0.2) is 38.0 Å². The first-order valence-electron chi connectivity index (χ1n) is 8.50. The van der Waals surface area contributed by atoms with Gasteiger partial charge in [-0.3, -0.25) is 4.79 Å². The molecule has 9 heteroatoms. The van der Waals surface area contributed by atoms with E-state index in [0.29, 0.717) is 22.5 Å². The lowest BCUT2D eigenvalue weighted by Gasteiger charge is -2.04. The number of thioether (sulfide) groups is 1. The Morgan fingerprint density at radius 1 is 1.39 bits per heavy atom. The number of nitriles is 1. The molecule has 28 heavy (non-hydrogen) atoms. The van der Waals surface area contributed by atoms with Gasteiger partial charge in [0.15, 0.2) is 10.2 Å². The normalized spacial score (nSPS) is 11.9. The van der Waals surface area contributed by atoms with Crippen molar-refractivity contribution in [3.05, 3.63) is 46.9 Å². The summed E-state index contributed by atoms with van der Waals surface area (Å²) in [6.07, 6.45) is 0.121. The van der Waals surface area contributed by atoms with E-state index in [9.17, 15) is 15.2 Å². The van der Waals surface area contributed by atoms with E-state index in [1.165, 1.54) is 23.1 Å². The number of hydrogen-bond acceptors (Lipinski definition) is 8. The first kappa shape index (κ1) is 19.9. The maximum atomic E-state index is 11.5. The molecule has 7 nitrogen and oxygen atoms in total. The standard InChI is InChI=1S/C19H18N4O3S2/c1-3-26-17(25)8-12-10-27-19(21-12)28-11-16(24)13(9-20)18-22-14-6-4-5-7-15(14)23(18)2/h4-7,10,24H,3,8,11H2,1-2H3/b16-13-. The number of carbonyl (C=O) groups is 1. The summed E-state index contributed by atoms with van der Waals surface area (Å²) in [7, 11) is 1.81. The minimum absolute atomic E-state index is 0.0620. The molecule has 1 aromatic carbocycles. The van der Waals surface area contributed by atoms with Gasteiger partial charge in [0.05, 0.1) is 35.5 Å². The number of aryl methyl sites for hydroxylation is 1. The van der Waals surface area contributed by atoms with Gasteiger partial charge in [-0.05, 0) is 19.1 Å². The molecule has 2 heterocycles. The summed E-state index contributed by atoms with van der Waals surface area (Å²) in [5, 5.41) is 21.8. The predicted octanol–water partition coefficient (Wildman–Crippen LogP) is 3.72. The van der Waals surface area contributed by atoms with Crippen molar-refractivity contribution in [3.63, 3.8) is 0 Å². The second-order valence-electron chi connectivity index (χ2n) is 5.79. The average Bonchev–Trinajstić information content (AvgIpc) is 3.26. The molecular formula is C19H18N4O3S2. The van der Waals surface area contributed by atoms with E-state index in [-0.39, 0.29) is 29.5 Å². The van der Waals surface area contributed by atoms with Gasteiger partial charge in [0.1, 0.15) is 17.4 Å². The quantitative estimate of drug-likeness (QED) is 0.272. The molecule has 0 aliphatic heterocycles. The molecule has 2 aromatic heterocycles. The van der Waals surface area contributed by atoms with Crippen molar-refractivity contribution >= 4 is 45.7 Å². The largest absolute Gasteiger partial charge is 0.510 e. The van der Waals surface area contributed by atoms with Crippen molar-refractivity contribution in [2.75, 3.05) is 12.4 Å². The Bertz CT molecular complexity index is 1080. The third-order valence-corrected chi connectivity index (χ3v) is 5.99. The topological polar surface area (TPSA) is 101 Å². The summed E-state index contributed by atoms with van der Waals surface area (Å²) in [5.74, 6) is 0.219. The summed E-state index contributed by atoms with van der Waals surface area (Å²) in [6.45, 7) is 2.09. The van der Waals surface area contributed by atoms with Gasteiger partial charge in [-0.1, -0.05) is 23.9 Å². The molecule has 0 saturated heterocycles. The van der Waals surface area contributed by atoms with Crippen LogP contribution in [-0.2, 0) is 23.0 Å². The highest BCUT2D eigenvalue weighted by atomic mass is 32.2. The third kappa shape index (κ3) is 4.35. The molecule has 0 radical (unpaired) electrons. The molecule has 0 unspecified atom stereocenters. The van der Waals surface area contributed by atoms with Gasteiger partial charge in [0.25, 0.3) is 0 Å². The average molecular weight is 415 g/mol. The zero-order valence-electron chi connectivity index (χ0n) is 15.4. The number of imidazole rings is 1. The molecule has 0 spiro atoms. The van der Waals surface area contributed by atoms with E-state index in [0.717, 1.165) is 11.0 Å². The Labute approximate surface area is 170 Å². The summed E-state index contributed by atoms with van der Waals surface area (Å²) in [4.78, 5) is 20.3. The van der Waals surface area contributed by atoms with Crippen LogP contribution in [0.25, 0.3) is 16.6 Å². The van der Waals surface area contributed by atoms with Crippen LogP contribution in [0.3, 0.4) is 0 Å². The molecular weight excluding hydrogens is 396 g/mol. The van der Waals surface area contributed by atoms with Crippen molar-refractivity contribution < 1.29 is 14.6 Å². The second-order valence-corrected chi connectivity index (χ2v) is 7.87. The fraction of sp³-hybridized carbons (Fsp3) is 0.263. The molecule has 3 rings (SSSR count). The van der Waals surface area contributed by atoms with E-state index in [4.69, 9.17) is 4.74 Å². The van der Waals surface area contributed by atoms with Crippen molar-refractivity contribution in [2.45, 2.75) is 17.7 Å². The maximum Gasteiger partial charge on any atom is 0.311 e. The number of fused-ring (bicyclic) bond motifs is 1. The van der Waals surface area contributed by atoms with Gasteiger partial charge >= 0.3 is 5.97 Å². The lowest BCUT2D eigenvalue weighted by Crippen LogP contribution is -2.07. The fourth-order valence-corrected chi connectivity index (χ4v) is 4.33. The Balaban J connectivity index is 1.75. The Kier molecular flexibility index (Phi) is 6.34. The van der Waals surface area contributed by atoms with Crippen molar-refractivity contribution in [1.82, 2.24) is 14.5 Å². The van der Waals surface area contributed by atoms with Gasteiger partial charge < -0.3 is 14.4 Å². The molecule has 0 bridgehead atoms. The monoisotopic (exact) mass is 414 g/mol. The minimum Gasteiger partial charge on any atom is -0.510 e. The van der Waals surface area contributed by atoms with E-state index < -0.39 is 0 Å². The predicted molar refractivity (Wildman–Crippen MR) is 109 cm³/mol. The van der Waals surface area contributed by atoms with Gasteiger partial charge in [-0.15, -0.1) is 11.3 Å². The molecule has 0 amide bonds. The highest BCUT2D eigenvalue weighted by Gasteiger charge is 2.17. The fourth-order valence-electron chi connectivity index (χ4n) is 2.61. The van der Waals surface area contributed by atoms with E-state index in [2.05, 4.69) is 16.0 Å². The van der Waals surface area contributed by atoms with E-state index in [1.807, 2.05) is 31.3 Å². The zero-order valence-corrected chi connectivity index (χ0v) is 17.0. The van der Waals surface area contributed by atoms with Crippen molar-refractivity contribution in [2.24, 2.45) is 7.05 Å². The molecule has 1 N–H and O–H groups in total. The molecule has 0 fully saturated rings. The number of aliphatic hydroxyl groups is 1. The lowest BCUT2D eigenvalue weighted by molar-refractivity contribution is -0.142. The summed E-state index contributed by atoms with van der Waals surface area (Å²) in [6, 6.07) is 9.60. The number of ether oxygens (including phenoxy) is 1. The molecule has 0 aliphatic carbocycles. The number of allylic oxidation sites excluding steroid dienone is 1. The van der Waals surface area contributed by atoms with Crippen molar-refractivity contribution in [1.29, 1.82) is 5.26 Å². The smallest absolute Gasteiger partial charge is 0.311 e. The number of thiazole rings is 1. The second kappa shape index (κ2) is 8.91. The van der Waals surface area contributed by atoms with Crippen molar-refractivity contribution in [3.8, 4) is 6.07 Å². The molecule has 0 aliphatic rings. The Hall–Kier alpha value is -2.83.